The van der Waals surface area contributed by atoms with Crippen LogP contribution in [0, 0.1) is 6.92 Å². The Morgan fingerprint density at radius 3 is 2.73 bits per heavy atom. The number of anilines is 1. The van der Waals surface area contributed by atoms with Crippen molar-refractivity contribution in [3.8, 4) is 0 Å². The summed E-state index contributed by atoms with van der Waals surface area (Å²) >= 11 is 1.58. The molecule has 0 bridgehead atoms. The lowest BCUT2D eigenvalue weighted by Crippen LogP contribution is -2.57. The van der Waals surface area contributed by atoms with E-state index in [1.54, 1.807) is 23.3 Å². The first-order valence-electron chi connectivity index (χ1n) is 9.66. The van der Waals surface area contributed by atoms with E-state index in [1.165, 1.54) is 22.9 Å². The van der Waals surface area contributed by atoms with Gasteiger partial charge < -0.3 is 14.8 Å². The van der Waals surface area contributed by atoms with Gasteiger partial charge in [-0.3, -0.25) is 19.3 Å². The minimum atomic E-state index is -0.464. The first-order chi connectivity index (χ1) is 14.3. The standard InChI is InChI=1S/C21H23N5O3S/c1-13-22-16-6-5-15(10-18(16)30-13)23-20(28)17-12-26(9-8-24(17)2)21(29)14-4-7-19(27)25(3)11-14/h4-7,10-11,17H,8-9,12H2,1-3H3,(H,23,28)/t17-/m1/s1. The molecule has 3 aromatic rings. The number of piperazine rings is 1. The Kier molecular flexibility index (Phi) is 5.40. The zero-order chi connectivity index (χ0) is 21.4. The number of fused-ring (bicyclic) bond motifs is 1. The molecule has 2 aromatic heterocycles. The molecule has 8 nitrogen and oxygen atoms in total. The van der Waals surface area contributed by atoms with E-state index in [9.17, 15) is 14.4 Å². The van der Waals surface area contributed by atoms with Crippen LogP contribution in [-0.2, 0) is 11.8 Å². The van der Waals surface area contributed by atoms with E-state index in [-0.39, 0.29) is 23.9 Å². The summed E-state index contributed by atoms with van der Waals surface area (Å²) in [4.78, 5) is 45.5. The molecule has 1 aliphatic heterocycles. The fourth-order valence-corrected chi connectivity index (χ4v) is 4.45. The normalized spacial score (nSPS) is 17.3. The third-order valence-corrected chi connectivity index (χ3v) is 6.27. The number of hydrogen-bond donors (Lipinski definition) is 1. The molecule has 3 heterocycles. The highest BCUT2D eigenvalue weighted by Gasteiger charge is 2.32. The van der Waals surface area contributed by atoms with Crippen molar-refractivity contribution in [2.45, 2.75) is 13.0 Å². The Morgan fingerprint density at radius 1 is 1.17 bits per heavy atom. The molecule has 1 N–H and O–H groups in total. The Morgan fingerprint density at radius 2 is 1.97 bits per heavy atom. The van der Waals surface area contributed by atoms with E-state index >= 15 is 0 Å². The van der Waals surface area contributed by atoms with E-state index in [0.717, 1.165) is 15.2 Å². The van der Waals surface area contributed by atoms with Gasteiger partial charge in [-0.25, -0.2) is 4.98 Å². The lowest BCUT2D eigenvalue weighted by Gasteiger charge is -2.38. The molecule has 0 aliphatic carbocycles. The molecule has 0 radical (unpaired) electrons. The number of hydrogen-bond acceptors (Lipinski definition) is 6. The summed E-state index contributed by atoms with van der Waals surface area (Å²) < 4.78 is 2.40. The molecule has 0 saturated carbocycles. The van der Waals surface area contributed by atoms with Crippen LogP contribution in [0.25, 0.3) is 10.2 Å². The number of thiazole rings is 1. The summed E-state index contributed by atoms with van der Waals surface area (Å²) in [6.07, 6.45) is 1.53. The van der Waals surface area contributed by atoms with Crippen molar-refractivity contribution >= 4 is 39.1 Å². The Bertz CT molecular complexity index is 1180. The van der Waals surface area contributed by atoms with E-state index in [0.29, 0.717) is 24.3 Å². The van der Waals surface area contributed by atoms with Crippen LogP contribution >= 0.6 is 11.3 Å². The summed E-state index contributed by atoms with van der Waals surface area (Å²) in [5, 5.41) is 3.95. The molecule has 1 fully saturated rings. The van der Waals surface area contributed by atoms with Crippen LogP contribution in [0.15, 0.2) is 41.3 Å². The first-order valence-corrected chi connectivity index (χ1v) is 10.5. The number of rotatable bonds is 3. The number of benzene rings is 1. The van der Waals surface area contributed by atoms with Gasteiger partial charge in [-0.1, -0.05) is 0 Å². The zero-order valence-electron chi connectivity index (χ0n) is 17.1. The molecular weight excluding hydrogens is 402 g/mol. The monoisotopic (exact) mass is 425 g/mol. The van der Waals surface area contributed by atoms with Crippen LogP contribution in [0.1, 0.15) is 15.4 Å². The number of nitrogens with zero attached hydrogens (tertiary/aromatic N) is 4. The average molecular weight is 426 g/mol. The van der Waals surface area contributed by atoms with Gasteiger partial charge in [0, 0.05) is 44.6 Å². The maximum atomic E-state index is 13.0. The minimum Gasteiger partial charge on any atom is -0.335 e. The van der Waals surface area contributed by atoms with Crippen LogP contribution in [0.4, 0.5) is 5.69 Å². The first kappa shape index (κ1) is 20.2. The van der Waals surface area contributed by atoms with Crippen molar-refractivity contribution in [2.24, 2.45) is 7.05 Å². The van der Waals surface area contributed by atoms with Crippen molar-refractivity contribution in [1.82, 2.24) is 19.4 Å². The van der Waals surface area contributed by atoms with Gasteiger partial charge in [-0.2, -0.15) is 0 Å². The van der Waals surface area contributed by atoms with Gasteiger partial charge in [0.05, 0.1) is 20.8 Å². The van der Waals surface area contributed by atoms with Crippen molar-refractivity contribution < 1.29 is 9.59 Å². The molecular formula is C21H23N5O3S. The lowest BCUT2D eigenvalue weighted by molar-refractivity contribution is -0.122. The highest BCUT2D eigenvalue weighted by atomic mass is 32.1. The summed E-state index contributed by atoms with van der Waals surface area (Å²) in [5.41, 5.74) is 1.90. The topological polar surface area (TPSA) is 87.5 Å². The van der Waals surface area contributed by atoms with Crippen LogP contribution in [0.5, 0.6) is 0 Å². The fraction of sp³-hybridized carbons (Fsp3) is 0.333. The zero-order valence-corrected chi connectivity index (χ0v) is 17.9. The lowest BCUT2D eigenvalue weighted by atomic mass is 10.1. The third kappa shape index (κ3) is 3.99. The van der Waals surface area contributed by atoms with Crippen LogP contribution in [0.3, 0.4) is 0 Å². The number of aromatic nitrogens is 2. The van der Waals surface area contributed by atoms with E-state index in [2.05, 4.69) is 10.3 Å². The second-order valence-electron chi connectivity index (χ2n) is 7.52. The van der Waals surface area contributed by atoms with Crippen molar-refractivity contribution in [3.63, 3.8) is 0 Å². The van der Waals surface area contributed by atoms with Crippen LogP contribution < -0.4 is 10.9 Å². The summed E-state index contributed by atoms with van der Waals surface area (Å²) in [7, 11) is 3.49. The SMILES string of the molecule is Cc1nc2ccc(NC(=O)[C@H]3CN(C(=O)c4ccc(=O)n(C)c4)CCN3C)cc2s1. The number of likely N-dealkylation sites (N-methyl/N-ethyl adjacent to an activating group) is 1. The highest BCUT2D eigenvalue weighted by Crippen LogP contribution is 2.25. The minimum absolute atomic E-state index is 0.156. The fourth-order valence-electron chi connectivity index (χ4n) is 3.59. The molecule has 1 aliphatic rings. The predicted molar refractivity (Wildman–Crippen MR) is 117 cm³/mol. The predicted octanol–water partition coefficient (Wildman–Crippen LogP) is 1.70. The number of aryl methyl sites for hydroxylation is 2. The molecule has 156 valence electrons. The number of carbonyl (C=O) groups is 2. The number of amides is 2. The maximum absolute atomic E-state index is 13.0. The molecule has 4 rings (SSSR count). The van der Waals surface area contributed by atoms with E-state index in [4.69, 9.17) is 0 Å². The van der Waals surface area contributed by atoms with Crippen LogP contribution in [0.2, 0.25) is 0 Å². The summed E-state index contributed by atoms with van der Waals surface area (Å²) in [6.45, 7) is 3.35. The smallest absolute Gasteiger partial charge is 0.255 e. The van der Waals surface area contributed by atoms with Gasteiger partial charge >= 0.3 is 0 Å². The Balaban J connectivity index is 1.49. The number of pyridine rings is 1. The van der Waals surface area contributed by atoms with E-state index in [1.807, 2.05) is 37.1 Å². The molecule has 0 spiro atoms. The average Bonchev–Trinajstić information content (AvgIpc) is 3.09. The molecule has 1 saturated heterocycles. The third-order valence-electron chi connectivity index (χ3n) is 5.33. The Labute approximate surface area is 177 Å². The molecule has 9 heteroatoms. The summed E-state index contributed by atoms with van der Waals surface area (Å²) in [5.74, 6) is -0.339. The van der Waals surface area contributed by atoms with E-state index < -0.39 is 6.04 Å². The largest absolute Gasteiger partial charge is 0.335 e. The molecule has 1 atom stereocenters. The quantitative estimate of drug-likeness (QED) is 0.690. The molecule has 2 amide bonds. The second kappa shape index (κ2) is 8.00. The highest BCUT2D eigenvalue weighted by molar-refractivity contribution is 7.18. The van der Waals surface area contributed by atoms with Gasteiger partial charge in [-0.15, -0.1) is 11.3 Å². The van der Waals surface area contributed by atoms with Gasteiger partial charge in [0.1, 0.15) is 6.04 Å². The van der Waals surface area contributed by atoms with Gasteiger partial charge in [0.15, 0.2) is 0 Å². The molecule has 0 unspecified atom stereocenters. The van der Waals surface area contributed by atoms with Crippen molar-refractivity contribution in [3.05, 3.63) is 57.5 Å². The van der Waals surface area contributed by atoms with Gasteiger partial charge in [-0.05, 0) is 38.2 Å². The molecule has 30 heavy (non-hydrogen) atoms. The second-order valence-corrected chi connectivity index (χ2v) is 8.75. The van der Waals surface area contributed by atoms with Crippen molar-refractivity contribution in [1.29, 1.82) is 0 Å². The summed E-state index contributed by atoms with van der Waals surface area (Å²) in [6, 6.07) is 8.11. The van der Waals surface area contributed by atoms with Crippen LogP contribution in [-0.4, -0.2) is 63.9 Å². The maximum Gasteiger partial charge on any atom is 0.255 e. The van der Waals surface area contributed by atoms with Gasteiger partial charge in [0.25, 0.3) is 5.91 Å². The molecule has 1 aromatic carbocycles. The van der Waals surface area contributed by atoms with Crippen molar-refractivity contribution in [2.75, 3.05) is 32.0 Å². The van der Waals surface area contributed by atoms with Gasteiger partial charge in [0.2, 0.25) is 11.5 Å². The number of carbonyl (C=O) groups excluding carboxylic acids is 2. The number of nitrogens with one attached hydrogen (secondary N) is 1. The Hall–Kier alpha value is -3.04.